The maximum absolute atomic E-state index is 12.7. The monoisotopic (exact) mass is 666 g/mol. The second kappa shape index (κ2) is 17.7. The second-order valence-electron chi connectivity index (χ2n) is 12.1. The molecule has 4 atom stereocenters. The molecule has 0 unspecified atom stereocenters. The van der Waals surface area contributed by atoms with Crippen molar-refractivity contribution in [2.45, 2.75) is 77.5 Å². The molecule has 14 heteroatoms. The van der Waals surface area contributed by atoms with E-state index in [4.69, 9.17) is 10.2 Å². The lowest BCUT2D eigenvalue weighted by Gasteiger charge is -2.27. The van der Waals surface area contributed by atoms with Crippen molar-refractivity contribution in [3.8, 4) is 11.5 Å². The number of carbonyl (C=O) groups is 6. The van der Waals surface area contributed by atoms with Gasteiger partial charge in [-0.15, -0.1) is 0 Å². The Bertz CT molecular complexity index is 1300. The van der Waals surface area contributed by atoms with Gasteiger partial charge in [-0.05, 0) is 77.6 Å². The van der Waals surface area contributed by atoms with Gasteiger partial charge in [0.1, 0.15) is 35.7 Å². The number of fused-ring (bicyclic) bond motifs is 2. The van der Waals surface area contributed by atoms with Gasteiger partial charge in [-0.2, -0.15) is 0 Å². The Morgan fingerprint density at radius 2 is 0.896 bits per heavy atom. The fraction of sp³-hybridized carbons (Fsp3) is 0.471. The number of nitrogens with one attached hydrogen (secondary N) is 4. The molecule has 0 bridgehead atoms. The first kappa shape index (κ1) is 37.3. The molecule has 6 amide bonds. The van der Waals surface area contributed by atoms with Crippen LogP contribution in [0.3, 0.4) is 0 Å². The third-order valence-electron chi connectivity index (χ3n) is 8.15. The van der Waals surface area contributed by atoms with Crippen molar-refractivity contribution in [3.05, 3.63) is 59.7 Å². The van der Waals surface area contributed by atoms with Crippen LogP contribution in [0.25, 0.3) is 0 Å². The van der Waals surface area contributed by atoms with Crippen LogP contribution in [-0.4, -0.2) is 106 Å². The molecular weight excluding hydrogens is 620 g/mol. The molecule has 0 aliphatic carbocycles. The van der Waals surface area contributed by atoms with E-state index >= 15 is 0 Å². The fourth-order valence-electron chi connectivity index (χ4n) is 5.35. The van der Waals surface area contributed by atoms with Gasteiger partial charge in [-0.3, -0.25) is 28.8 Å². The summed E-state index contributed by atoms with van der Waals surface area (Å²) in [6, 6.07) is 10.9. The Balaban J connectivity index is 0.000000316. The lowest BCUT2D eigenvalue weighted by molar-refractivity contribution is -0.141. The van der Waals surface area contributed by atoms with Gasteiger partial charge < -0.3 is 41.3 Å². The average Bonchev–Trinajstić information content (AvgIpc) is 3.76. The number of nitrogens with zero attached hydrogens (tertiary/aromatic N) is 2. The van der Waals surface area contributed by atoms with Gasteiger partial charge in [-0.25, -0.2) is 0 Å². The Morgan fingerprint density at radius 3 is 1.21 bits per heavy atom. The van der Waals surface area contributed by atoms with E-state index in [1.807, 2.05) is 38.1 Å². The van der Waals surface area contributed by atoms with Crippen LogP contribution in [0.15, 0.2) is 48.5 Å². The van der Waals surface area contributed by atoms with Crippen molar-refractivity contribution >= 4 is 35.4 Å². The Hall–Kier alpha value is -5.14. The number of carbonyl (C=O) groups excluding carboxylic acids is 6. The highest BCUT2D eigenvalue weighted by Crippen LogP contribution is 2.19. The summed E-state index contributed by atoms with van der Waals surface area (Å²) < 4.78 is 0. The summed E-state index contributed by atoms with van der Waals surface area (Å²) in [4.78, 5) is 78.1. The third kappa shape index (κ3) is 11.0. The molecular formula is C34H46N6O8. The lowest BCUT2D eigenvalue weighted by Crippen LogP contribution is -2.56. The smallest absolute Gasteiger partial charge is 0.243 e. The zero-order valence-corrected chi connectivity index (χ0v) is 27.8. The minimum Gasteiger partial charge on any atom is -0.508 e. The molecule has 3 saturated heterocycles. The SMILES string of the molecule is C[C@@H]1NC(=O)[C@H]2CCCN2C(=O)CNC(=O)[C@H](C)NC(=O)[C@H]2CCCN2C(=O)CNC1=O.Cc1ccc(O)cc1.Cc1ccc(O)cc1. The summed E-state index contributed by atoms with van der Waals surface area (Å²) in [5, 5.41) is 27.7. The highest BCUT2D eigenvalue weighted by Gasteiger charge is 2.37. The van der Waals surface area contributed by atoms with Gasteiger partial charge >= 0.3 is 0 Å². The van der Waals surface area contributed by atoms with Crippen LogP contribution in [0.1, 0.15) is 50.7 Å². The third-order valence-corrected chi connectivity index (χ3v) is 8.15. The number of hydrogen-bond donors (Lipinski definition) is 6. The molecule has 5 rings (SSSR count). The van der Waals surface area contributed by atoms with E-state index in [2.05, 4.69) is 21.3 Å². The van der Waals surface area contributed by atoms with Crippen molar-refractivity contribution in [3.63, 3.8) is 0 Å². The van der Waals surface area contributed by atoms with Gasteiger partial charge in [0.2, 0.25) is 35.4 Å². The number of benzene rings is 2. The number of amides is 6. The average molecular weight is 667 g/mol. The zero-order chi connectivity index (χ0) is 35.4. The molecule has 0 aromatic heterocycles. The van der Waals surface area contributed by atoms with Crippen LogP contribution in [0, 0.1) is 13.8 Å². The molecule has 260 valence electrons. The molecule has 3 fully saturated rings. The number of hydrogen-bond acceptors (Lipinski definition) is 8. The predicted molar refractivity (Wildman–Crippen MR) is 176 cm³/mol. The quantitative estimate of drug-likeness (QED) is 0.235. The Labute approximate surface area is 280 Å². The molecule has 48 heavy (non-hydrogen) atoms. The number of aromatic hydroxyl groups is 2. The summed E-state index contributed by atoms with van der Waals surface area (Å²) >= 11 is 0. The van der Waals surface area contributed by atoms with Crippen molar-refractivity contribution in [1.29, 1.82) is 0 Å². The van der Waals surface area contributed by atoms with Crippen molar-refractivity contribution in [2.75, 3.05) is 26.2 Å². The molecule has 2 aromatic carbocycles. The van der Waals surface area contributed by atoms with Gasteiger partial charge in [-0.1, -0.05) is 35.4 Å². The van der Waals surface area contributed by atoms with E-state index < -0.39 is 59.6 Å². The Morgan fingerprint density at radius 1 is 0.562 bits per heavy atom. The van der Waals surface area contributed by atoms with E-state index in [1.165, 1.54) is 34.8 Å². The van der Waals surface area contributed by atoms with Gasteiger partial charge in [0.15, 0.2) is 0 Å². The minimum absolute atomic E-state index is 0.313. The highest BCUT2D eigenvalue weighted by atomic mass is 16.3. The number of aryl methyl sites for hydroxylation is 2. The van der Waals surface area contributed by atoms with Gasteiger partial charge in [0, 0.05) is 13.1 Å². The maximum Gasteiger partial charge on any atom is 0.243 e. The summed E-state index contributed by atoms with van der Waals surface area (Å²) in [5.41, 5.74) is 2.34. The summed E-state index contributed by atoms with van der Waals surface area (Å²) in [6.45, 7) is 7.06. The molecule has 14 nitrogen and oxygen atoms in total. The molecule has 3 aliphatic heterocycles. The van der Waals surface area contributed by atoms with Crippen molar-refractivity contribution < 1.29 is 39.0 Å². The highest BCUT2D eigenvalue weighted by molar-refractivity contribution is 5.96. The van der Waals surface area contributed by atoms with Gasteiger partial charge in [0.25, 0.3) is 0 Å². The normalized spacial score (nSPS) is 23.8. The van der Waals surface area contributed by atoms with E-state index in [0.29, 0.717) is 50.3 Å². The van der Waals surface area contributed by atoms with Crippen LogP contribution >= 0.6 is 0 Å². The van der Waals surface area contributed by atoms with Crippen LogP contribution in [0.4, 0.5) is 0 Å². The van der Waals surface area contributed by atoms with Crippen molar-refractivity contribution in [2.24, 2.45) is 0 Å². The predicted octanol–water partition coefficient (Wildman–Crippen LogP) is 0.625. The molecule has 0 saturated carbocycles. The van der Waals surface area contributed by atoms with E-state index in [1.54, 1.807) is 24.3 Å². The summed E-state index contributed by atoms with van der Waals surface area (Å²) in [7, 11) is 0. The van der Waals surface area contributed by atoms with Crippen molar-refractivity contribution in [1.82, 2.24) is 31.1 Å². The van der Waals surface area contributed by atoms with E-state index in [-0.39, 0.29) is 13.1 Å². The number of phenolic OH excluding ortho intramolecular Hbond substituents is 2. The standard InChI is InChI=1S/C20H30N6O6.2C7H8O/c1-11-17(29)21-9-15(27)26-8-4-6-14(26)20(32)24-12(2)18(30)22-10-16(28)25-7-3-5-13(25)19(31)23-11;2*1-6-2-4-7(8)5-3-6/h11-14H,3-10H2,1-2H3,(H,21,29)(H,22,30)(H,23,31)(H,24,32);2*2-5,8H,1H3/t11-,12-,13+,14+;;/m0../s1. The first-order valence-electron chi connectivity index (χ1n) is 16.0. The first-order valence-corrected chi connectivity index (χ1v) is 16.0. The van der Waals surface area contributed by atoms with Crippen LogP contribution < -0.4 is 21.3 Å². The minimum atomic E-state index is -0.912. The second-order valence-corrected chi connectivity index (χ2v) is 12.1. The molecule has 3 heterocycles. The molecule has 3 aliphatic rings. The molecule has 0 radical (unpaired) electrons. The van der Waals surface area contributed by atoms with Crippen LogP contribution in [-0.2, 0) is 28.8 Å². The Kier molecular flexibility index (Phi) is 13.8. The molecule has 6 N–H and O–H groups in total. The van der Waals surface area contributed by atoms with Crippen LogP contribution in [0.5, 0.6) is 11.5 Å². The molecule has 2 aromatic rings. The number of phenols is 2. The van der Waals surface area contributed by atoms with Crippen LogP contribution in [0.2, 0.25) is 0 Å². The first-order chi connectivity index (χ1) is 22.8. The fourth-order valence-corrected chi connectivity index (χ4v) is 5.35. The lowest BCUT2D eigenvalue weighted by atomic mass is 10.1. The number of rotatable bonds is 0. The molecule has 0 spiro atoms. The zero-order valence-electron chi connectivity index (χ0n) is 27.8. The maximum atomic E-state index is 12.7. The van der Waals surface area contributed by atoms with E-state index in [0.717, 1.165) is 0 Å². The summed E-state index contributed by atoms with van der Waals surface area (Å²) in [6.07, 6.45) is 2.13. The summed E-state index contributed by atoms with van der Waals surface area (Å²) in [5.74, 6) is -2.17. The van der Waals surface area contributed by atoms with E-state index in [9.17, 15) is 28.8 Å². The topological polar surface area (TPSA) is 197 Å². The van der Waals surface area contributed by atoms with Gasteiger partial charge in [0.05, 0.1) is 13.1 Å². The largest absolute Gasteiger partial charge is 0.508 e.